The van der Waals surface area contributed by atoms with Crippen LogP contribution in [-0.4, -0.2) is 20.5 Å². The van der Waals surface area contributed by atoms with Gasteiger partial charge >= 0.3 is 6.18 Å². The second-order valence-corrected chi connectivity index (χ2v) is 6.93. The molecule has 2 heterocycles. The van der Waals surface area contributed by atoms with E-state index in [-0.39, 0.29) is 23.4 Å². The summed E-state index contributed by atoms with van der Waals surface area (Å²) in [6.07, 6.45) is -3.59. The molecule has 1 N–H and O–H groups in total. The van der Waals surface area contributed by atoms with Crippen LogP contribution in [0.15, 0.2) is 66.9 Å². The lowest BCUT2D eigenvalue weighted by molar-refractivity contribution is -0.142. The number of nitrogens with one attached hydrogen (secondary N) is 1. The molecule has 4 aromatic rings. The van der Waals surface area contributed by atoms with E-state index in [1.54, 1.807) is 54.6 Å². The zero-order chi connectivity index (χ0) is 21.3. The van der Waals surface area contributed by atoms with Crippen molar-refractivity contribution in [1.82, 2.24) is 19.9 Å². The SMILES string of the molecule is O=C(NCc1ccc(Cl)cc1)c1cnn2c(C(F)(F)F)cc(-c3ccccc3)nc12. The summed E-state index contributed by atoms with van der Waals surface area (Å²) in [6.45, 7) is 0.178. The highest BCUT2D eigenvalue weighted by atomic mass is 35.5. The second-order valence-electron chi connectivity index (χ2n) is 6.49. The molecule has 0 aliphatic heterocycles. The van der Waals surface area contributed by atoms with E-state index < -0.39 is 17.8 Å². The van der Waals surface area contributed by atoms with Gasteiger partial charge in [-0.15, -0.1) is 0 Å². The number of alkyl halides is 3. The summed E-state index contributed by atoms with van der Waals surface area (Å²) in [5.41, 5.74) is 0.160. The van der Waals surface area contributed by atoms with Gasteiger partial charge in [-0.2, -0.15) is 18.3 Å². The third-order valence-electron chi connectivity index (χ3n) is 4.44. The molecule has 0 aliphatic rings. The highest BCUT2D eigenvalue weighted by Gasteiger charge is 2.36. The number of fused-ring (bicyclic) bond motifs is 1. The minimum Gasteiger partial charge on any atom is -0.348 e. The van der Waals surface area contributed by atoms with Crippen molar-refractivity contribution in [2.45, 2.75) is 12.7 Å². The number of rotatable bonds is 4. The Balaban J connectivity index is 1.73. The molecule has 0 radical (unpaired) electrons. The van der Waals surface area contributed by atoms with Gasteiger partial charge in [-0.05, 0) is 23.8 Å². The number of amides is 1. The van der Waals surface area contributed by atoms with E-state index >= 15 is 0 Å². The fourth-order valence-corrected chi connectivity index (χ4v) is 3.09. The standard InChI is InChI=1S/C21H14ClF3N4O/c22-15-8-6-13(7-9-15)11-26-20(30)16-12-27-29-18(21(23,24)25)10-17(28-19(16)29)14-4-2-1-3-5-14/h1-10,12H,11H2,(H,26,30). The number of carbonyl (C=O) groups is 1. The smallest absolute Gasteiger partial charge is 0.348 e. The molecule has 30 heavy (non-hydrogen) atoms. The largest absolute Gasteiger partial charge is 0.433 e. The van der Waals surface area contributed by atoms with Crippen molar-refractivity contribution in [2.24, 2.45) is 0 Å². The predicted molar refractivity (Wildman–Crippen MR) is 106 cm³/mol. The molecule has 1 amide bonds. The van der Waals surface area contributed by atoms with Crippen molar-refractivity contribution in [2.75, 3.05) is 0 Å². The monoisotopic (exact) mass is 430 g/mol. The summed E-state index contributed by atoms with van der Waals surface area (Å²) in [5.74, 6) is -0.578. The lowest BCUT2D eigenvalue weighted by Crippen LogP contribution is -2.23. The number of nitrogens with zero attached hydrogens (tertiary/aromatic N) is 3. The molecule has 0 atom stereocenters. The number of benzene rings is 2. The minimum atomic E-state index is -4.67. The van der Waals surface area contributed by atoms with E-state index in [1.807, 2.05) is 0 Å². The van der Waals surface area contributed by atoms with Gasteiger partial charge in [-0.1, -0.05) is 54.1 Å². The van der Waals surface area contributed by atoms with Gasteiger partial charge in [0.2, 0.25) is 0 Å². The Morgan fingerprint density at radius 2 is 1.77 bits per heavy atom. The molecule has 0 bridgehead atoms. The first-order valence-electron chi connectivity index (χ1n) is 8.87. The van der Waals surface area contributed by atoms with Gasteiger partial charge in [0.05, 0.1) is 11.9 Å². The van der Waals surface area contributed by atoms with Crippen LogP contribution in [-0.2, 0) is 12.7 Å². The van der Waals surface area contributed by atoms with E-state index in [0.29, 0.717) is 15.1 Å². The summed E-state index contributed by atoms with van der Waals surface area (Å²) in [5, 5.41) is 7.00. The highest BCUT2D eigenvalue weighted by molar-refractivity contribution is 6.30. The van der Waals surface area contributed by atoms with Gasteiger partial charge in [-0.3, -0.25) is 4.79 Å². The van der Waals surface area contributed by atoms with Crippen molar-refractivity contribution in [3.8, 4) is 11.3 Å². The predicted octanol–water partition coefficient (Wildman–Crippen LogP) is 5.00. The topological polar surface area (TPSA) is 59.3 Å². The molecule has 0 aliphatic carbocycles. The number of halogens is 4. The zero-order valence-electron chi connectivity index (χ0n) is 15.3. The van der Waals surface area contributed by atoms with Crippen LogP contribution in [0.2, 0.25) is 5.02 Å². The van der Waals surface area contributed by atoms with E-state index in [0.717, 1.165) is 17.8 Å². The average Bonchev–Trinajstić information content (AvgIpc) is 3.16. The summed E-state index contributed by atoms with van der Waals surface area (Å²) in [7, 11) is 0. The summed E-state index contributed by atoms with van der Waals surface area (Å²) >= 11 is 5.84. The van der Waals surface area contributed by atoms with Crippen molar-refractivity contribution in [1.29, 1.82) is 0 Å². The fraction of sp³-hybridized carbons (Fsp3) is 0.0952. The maximum atomic E-state index is 13.6. The molecule has 0 spiro atoms. The maximum absolute atomic E-state index is 13.6. The summed E-state index contributed by atoms with van der Waals surface area (Å²) < 4.78 is 41.5. The minimum absolute atomic E-state index is 0.0488. The first-order valence-corrected chi connectivity index (χ1v) is 9.25. The zero-order valence-corrected chi connectivity index (χ0v) is 16.1. The van der Waals surface area contributed by atoms with E-state index in [9.17, 15) is 18.0 Å². The maximum Gasteiger partial charge on any atom is 0.433 e. The number of hydrogen-bond acceptors (Lipinski definition) is 3. The van der Waals surface area contributed by atoms with Crippen LogP contribution in [0, 0.1) is 0 Å². The van der Waals surface area contributed by atoms with Crippen molar-refractivity contribution in [3.05, 3.63) is 88.7 Å². The summed E-state index contributed by atoms with van der Waals surface area (Å²) in [6, 6.07) is 16.2. The summed E-state index contributed by atoms with van der Waals surface area (Å²) in [4.78, 5) is 16.9. The number of aromatic nitrogens is 3. The average molecular weight is 431 g/mol. The first kappa shape index (κ1) is 19.9. The fourth-order valence-electron chi connectivity index (χ4n) is 2.96. The lowest BCUT2D eigenvalue weighted by Gasteiger charge is -2.11. The van der Waals surface area contributed by atoms with Crippen LogP contribution in [0.1, 0.15) is 21.6 Å². The molecule has 0 saturated carbocycles. The molecule has 2 aromatic carbocycles. The van der Waals surface area contributed by atoms with Gasteiger partial charge in [0, 0.05) is 17.1 Å². The Kier molecular flexibility index (Phi) is 5.17. The van der Waals surface area contributed by atoms with Crippen LogP contribution in [0.4, 0.5) is 13.2 Å². The van der Waals surface area contributed by atoms with Gasteiger partial charge < -0.3 is 5.32 Å². The molecule has 0 fully saturated rings. The molecular formula is C21H14ClF3N4O. The molecule has 4 rings (SSSR count). The van der Waals surface area contributed by atoms with Crippen LogP contribution >= 0.6 is 11.6 Å². The van der Waals surface area contributed by atoms with E-state index in [1.165, 1.54) is 0 Å². The quantitative estimate of drug-likeness (QED) is 0.495. The Bertz CT molecular complexity index is 1200. The molecular weight excluding hydrogens is 417 g/mol. The molecule has 5 nitrogen and oxygen atoms in total. The number of carbonyl (C=O) groups excluding carboxylic acids is 1. The number of hydrogen-bond donors (Lipinski definition) is 1. The molecule has 0 saturated heterocycles. The highest BCUT2D eigenvalue weighted by Crippen LogP contribution is 2.32. The van der Waals surface area contributed by atoms with Crippen LogP contribution in [0.5, 0.6) is 0 Å². The Hall–Kier alpha value is -3.39. The first-order chi connectivity index (χ1) is 14.3. The third-order valence-corrected chi connectivity index (χ3v) is 4.69. The second kappa shape index (κ2) is 7.79. The molecule has 9 heteroatoms. The molecule has 152 valence electrons. The van der Waals surface area contributed by atoms with Crippen LogP contribution in [0.25, 0.3) is 16.9 Å². The Morgan fingerprint density at radius 1 is 1.07 bits per heavy atom. The van der Waals surface area contributed by atoms with Crippen LogP contribution < -0.4 is 5.32 Å². The van der Waals surface area contributed by atoms with Gasteiger partial charge in [-0.25, -0.2) is 9.50 Å². The normalized spacial score (nSPS) is 11.6. The van der Waals surface area contributed by atoms with Crippen molar-refractivity contribution < 1.29 is 18.0 Å². The van der Waals surface area contributed by atoms with Crippen molar-refractivity contribution >= 4 is 23.2 Å². The van der Waals surface area contributed by atoms with E-state index in [4.69, 9.17) is 11.6 Å². The van der Waals surface area contributed by atoms with Gasteiger partial charge in [0.15, 0.2) is 11.3 Å². The van der Waals surface area contributed by atoms with Crippen molar-refractivity contribution in [3.63, 3.8) is 0 Å². The lowest BCUT2D eigenvalue weighted by atomic mass is 10.1. The third kappa shape index (κ3) is 3.99. The molecule has 2 aromatic heterocycles. The Morgan fingerprint density at radius 3 is 2.43 bits per heavy atom. The van der Waals surface area contributed by atoms with Gasteiger partial charge in [0.1, 0.15) is 5.56 Å². The Labute approximate surface area is 174 Å². The van der Waals surface area contributed by atoms with E-state index in [2.05, 4.69) is 15.4 Å². The molecule has 0 unspecified atom stereocenters. The van der Waals surface area contributed by atoms with Gasteiger partial charge in [0.25, 0.3) is 5.91 Å². The van der Waals surface area contributed by atoms with Crippen LogP contribution in [0.3, 0.4) is 0 Å².